The number of carbonyl (C=O) groups excluding carboxylic acids is 1. The van der Waals surface area contributed by atoms with Gasteiger partial charge in [0.25, 0.3) is 0 Å². The Labute approximate surface area is 135 Å². The Morgan fingerprint density at radius 1 is 1.09 bits per heavy atom. The van der Waals surface area contributed by atoms with Crippen molar-refractivity contribution in [2.75, 3.05) is 6.54 Å². The summed E-state index contributed by atoms with van der Waals surface area (Å²) in [7, 11) is 0. The smallest absolute Gasteiger partial charge is 0.220 e. The van der Waals surface area contributed by atoms with E-state index in [0.717, 1.165) is 32.1 Å². The fraction of sp³-hybridized carbons (Fsp3) is 0.632. The van der Waals surface area contributed by atoms with Crippen LogP contribution >= 0.6 is 0 Å². The van der Waals surface area contributed by atoms with Gasteiger partial charge in [-0.1, -0.05) is 62.9 Å². The molecule has 22 heavy (non-hydrogen) atoms. The highest BCUT2D eigenvalue weighted by molar-refractivity contribution is 5.75. The molecule has 0 aliphatic heterocycles. The summed E-state index contributed by atoms with van der Waals surface area (Å²) in [5.74, 6) is 0.0682. The van der Waals surface area contributed by atoms with Crippen LogP contribution in [-0.2, 0) is 11.2 Å². The molecule has 0 aliphatic carbocycles. The van der Waals surface area contributed by atoms with Gasteiger partial charge in [-0.05, 0) is 31.2 Å². The van der Waals surface area contributed by atoms with E-state index >= 15 is 0 Å². The van der Waals surface area contributed by atoms with Gasteiger partial charge in [0, 0.05) is 13.0 Å². The topological polar surface area (TPSA) is 49.3 Å². The maximum absolute atomic E-state index is 11.7. The number of hydrogen-bond donors (Lipinski definition) is 2. The molecule has 3 heteroatoms. The van der Waals surface area contributed by atoms with Gasteiger partial charge in [0.2, 0.25) is 5.91 Å². The number of unbranched alkanes of at least 4 members (excludes halogenated alkanes) is 4. The van der Waals surface area contributed by atoms with Gasteiger partial charge in [-0.15, -0.1) is 0 Å². The molecule has 1 amide bonds. The lowest BCUT2D eigenvalue weighted by Crippen LogP contribution is -2.31. The number of aliphatic hydroxyl groups is 1. The lowest BCUT2D eigenvalue weighted by Gasteiger charge is -2.12. The first-order chi connectivity index (χ1) is 10.7. The third kappa shape index (κ3) is 9.56. The van der Waals surface area contributed by atoms with Gasteiger partial charge in [0.1, 0.15) is 0 Å². The Balaban J connectivity index is 2.00. The van der Waals surface area contributed by atoms with Crippen molar-refractivity contribution >= 4 is 5.91 Å². The first kappa shape index (κ1) is 18.7. The van der Waals surface area contributed by atoms with Crippen LogP contribution in [-0.4, -0.2) is 23.7 Å². The molecule has 1 aromatic rings. The van der Waals surface area contributed by atoms with Gasteiger partial charge in [-0.2, -0.15) is 0 Å². The largest absolute Gasteiger partial charge is 0.391 e. The minimum absolute atomic E-state index is 0.0682. The summed E-state index contributed by atoms with van der Waals surface area (Å²) in [5.41, 5.74) is 1.30. The average molecular weight is 305 g/mol. The first-order valence-corrected chi connectivity index (χ1v) is 8.71. The van der Waals surface area contributed by atoms with E-state index in [-0.39, 0.29) is 5.91 Å². The molecule has 124 valence electrons. The SMILES string of the molecule is CCCCCCCC(=O)NC[C@@H](O)CCCc1ccccc1. The molecule has 0 bridgehead atoms. The van der Waals surface area contributed by atoms with Crippen molar-refractivity contribution in [3.05, 3.63) is 35.9 Å². The van der Waals surface area contributed by atoms with Crippen LogP contribution in [0.15, 0.2) is 30.3 Å². The molecule has 0 aromatic heterocycles. The van der Waals surface area contributed by atoms with Crippen molar-refractivity contribution < 1.29 is 9.90 Å². The van der Waals surface area contributed by atoms with E-state index in [0.29, 0.717) is 13.0 Å². The van der Waals surface area contributed by atoms with Gasteiger partial charge in [0.05, 0.1) is 6.10 Å². The van der Waals surface area contributed by atoms with E-state index in [1.165, 1.54) is 24.8 Å². The molecule has 2 N–H and O–H groups in total. The van der Waals surface area contributed by atoms with Crippen LogP contribution in [0.3, 0.4) is 0 Å². The second kappa shape index (κ2) is 12.2. The second-order valence-electron chi connectivity index (χ2n) is 6.00. The van der Waals surface area contributed by atoms with Crippen LogP contribution in [0.1, 0.15) is 63.9 Å². The molecule has 3 nitrogen and oxygen atoms in total. The van der Waals surface area contributed by atoms with Crippen molar-refractivity contribution in [3.63, 3.8) is 0 Å². The maximum atomic E-state index is 11.7. The fourth-order valence-electron chi connectivity index (χ4n) is 2.50. The number of rotatable bonds is 12. The summed E-state index contributed by atoms with van der Waals surface area (Å²) in [6.07, 6.45) is 8.56. The summed E-state index contributed by atoms with van der Waals surface area (Å²) < 4.78 is 0. The van der Waals surface area contributed by atoms with E-state index in [1.54, 1.807) is 0 Å². The number of amides is 1. The van der Waals surface area contributed by atoms with Gasteiger partial charge in [-0.3, -0.25) is 4.79 Å². The summed E-state index contributed by atoms with van der Waals surface area (Å²) >= 11 is 0. The zero-order valence-corrected chi connectivity index (χ0v) is 13.9. The molecule has 0 saturated heterocycles. The number of aliphatic hydroxyl groups excluding tert-OH is 1. The molecule has 0 radical (unpaired) electrons. The van der Waals surface area contributed by atoms with Crippen molar-refractivity contribution in [1.29, 1.82) is 0 Å². The number of nitrogens with one attached hydrogen (secondary N) is 1. The standard InChI is InChI=1S/C19H31NO2/c1-2-3-4-5-9-15-19(22)20-16-18(21)14-10-13-17-11-7-6-8-12-17/h6-8,11-12,18,21H,2-5,9-10,13-16H2,1H3,(H,20,22)/t18-/m0/s1. The lowest BCUT2D eigenvalue weighted by atomic mass is 10.1. The summed E-state index contributed by atoms with van der Waals surface area (Å²) in [4.78, 5) is 11.7. The highest BCUT2D eigenvalue weighted by Crippen LogP contribution is 2.07. The first-order valence-electron chi connectivity index (χ1n) is 8.71. The Morgan fingerprint density at radius 3 is 2.55 bits per heavy atom. The Kier molecular flexibility index (Phi) is 10.4. The van der Waals surface area contributed by atoms with Crippen LogP contribution in [0.25, 0.3) is 0 Å². The molecule has 0 unspecified atom stereocenters. The van der Waals surface area contributed by atoms with E-state index in [2.05, 4.69) is 24.4 Å². The third-order valence-electron chi connectivity index (χ3n) is 3.89. The Morgan fingerprint density at radius 2 is 1.82 bits per heavy atom. The normalized spacial score (nSPS) is 12.1. The van der Waals surface area contributed by atoms with E-state index in [4.69, 9.17) is 0 Å². The Bertz CT molecular complexity index is 392. The van der Waals surface area contributed by atoms with Crippen molar-refractivity contribution in [1.82, 2.24) is 5.32 Å². The number of hydrogen-bond acceptors (Lipinski definition) is 2. The second-order valence-corrected chi connectivity index (χ2v) is 6.00. The molecule has 0 aliphatic rings. The molecular weight excluding hydrogens is 274 g/mol. The number of carbonyl (C=O) groups is 1. The molecule has 0 heterocycles. The summed E-state index contributed by atoms with van der Waals surface area (Å²) in [5, 5.41) is 12.7. The van der Waals surface area contributed by atoms with Crippen molar-refractivity contribution in [2.45, 2.75) is 70.8 Å². The summed E-state index contributed by atoms with van der Waals surface area (Å²) in [6, 6.07) is 10.3. The lowest BCUT2D eigenvalue weighted by molar-refractivity contribution is -0.121. The van der Waals surface area contributed by atoms with E-state index in [1.807, 2.05) is 18.2 Å². The van der Waals surface area contributed by atoms with Crippen LogP contribution < -0.4 is 5.32 Å². The van der Waals surface area contributed by atoms with Crippen molar-refractivity contribution in [2.24, 2.45) is 0 Å². The average Bonchev–Trinajstić information content (AvgIpc) is 2.54. The predicted molar refractivity (Wildman–Crippen MR) is 91.8 cm³/mol. The number of benzene rings is 1. The molecule has 0 saturated carbocycles. The van der Waals surface area contributed by atoms with Crippen LogP contribution in [0, 0.1) is 0 Å². The van der Waals surface area contributed by atoms with E-state index in [9.17, 15) is 9.90 Å². The zero-order valence-electron chi connectivity index (χ0n) is 13.9. The predicted octanol–water partition coefficient (Wildman–Crippen LogP) is 3.85. The monoisotopic (exact) mass is 305 g/mol. The number of aryl methyl sites for hydroxylation is 1. The fourth-order valence-corrected chi connectivity index (χ4v) is 2.50. The minimum Gasteiger partial charge on any atom is -0.391 e. The maximum Gasteiger partial charge on any atom is 0.220 e. The van der Waals surface area contributed by atoms with Gasteiger partial charge >= 0.3 is 0 Å². The highest BCUT2D eigenvalue weighted by atomic mass is 16.3. The zero-order chi connectivity index (χ0) is 16.0. The van der Waals surface area contributed by atoms with Crippen LogP contribution in [0.2, 0.25) is 0 Å². The van der Waals surface area contributed by atoms with Gasteiger partial charge < -0.3 is 10.4 Å². The minimum atomic E-state index is -0.437. The molecule has 0 spiro atoms. The third-order valence-corrected chi connectivity index (χ3v) is 3.89. The Hall–Kier alpha value is -1.35. The van der Waals surface area contributed by atoms with E-state index < -0.39 is 6.10 Å². The summed E-state index contributed by atoms with van der Waals surface area (Å²) in [6.45, 7) is 2.56. The van der Waals surface area contributed by atoms with Crippen LogP contribution in [0.5, 0.6) is 0 Å². The highest BCUT2D eigenvalue weighted by Gasteiger charge is 2.07. The molecule has 0 fully saturated rings. The molecule has 1 aromatic carbocycles. The van der Waals surface area contributed by atoms with Gasteiger partial charge in [-0.25, -0.2) is 0 Å². The van der Waals surface area contributed by atoms with Crippen molar-refractivity contribution in [3.8, 4) is 0 Å². The molecule has 1 rings (SSSR count). The molecule has 1 atom stereocenters. The quantitative estimate of drug-likeness (QED) is 0.576. The molecular formula is C19H31NO2. The van der Waals surface area contributed by atoms with Gasteiger partial charge in [0.15, 0.2) is 0 Å². The van der Waals surface area contributed by atoms with Crippen LogP contribution in [0.4, 0.5) is 0 Å².